The van der Waals surface area contributed by atoms with Crippen LogP contribution in [0.1, 0.15) is 26.2 Å². The van der Waals surface area contributed by atoms with Crippen molar-refractivity contribution in [2.24, 2.45) is 0 Å². The molecule has 0 aromatic rings. The van der Waals surface area contributed by atoms with Crippen LogP contribution in [0.2, 0.25) is 0 Å². The van der Waals surface area contributed by atoms with E-state index in [4.69, 9.17) is 0 Å². The van der Waals surface area contributed by atoms with E-state index in [1.165, 1.54) is 0 Å². The lowest BCUT2D eigenvalue weighted by atomic mass is 10.2. The summed E-state index contributed by atoms with van der Waals surface area (Å²) < 4.78 is 0. The van der Waals surface area contributed by atoms with Crippen LogP contribution < -0.4 is 10.6 Å². The van der Waals surface area contributed by atoms with Crippen LogP contribution in [0.5, 0.6) is 0 Å². The average molecular weight is 200 g/mol. The van der Waals surface area contributed by atoms with Crippen LogP contribution in [0, 0.1) is 0 Å². The Kier molecular flexibility index (Phi) is 3.88. The van der Waals surface area contributed by atoms with Crippen molar-refractivity contribution in [3.8, 4) is 0 Å². The summed E-state index contributed by atoms with van der Waals surface area (Å²) in [6.45, 7) is 2.09. The van der Waals surface area contributed by atoms with E-state index in [-0.39, 0.29) is 18.4 Å². The van der Waals surface area contributed by atoms with Gasteiger partial charge in [-0.1, -0.05) is 6.92 Å². The Labute approximate surface area is 82.9 Å². The van der Waals surface area contributed by atoms with Crippen LogP contribution in [0.15, 0.2) is 0 Å². The van der Waals surface area contributed by atoms with Crippen molar-refractivity contribution in [2.75, 3.05) is 6.54 Å². The average Bonchev–Trinajstić information content (AvgIpc) is 2.60. The zero-order chi connectivity index (χ0) is 10.6. The molecule has 1 saturated heterocycles. The first-order chi connectivity index (χ1) is 6.63. The molecule has 5 nitrogen and oxygen atoms in total. The van der Waals surface area contributed by atoms with Gasteiger partial charge in [0.2, 0.25) is 11.8 Å². The highest BCUT2D eigenvalue weighted by molar-refractivity contribution is 5.90. The summed E-state index contributed by atoms with van der Waals surface area (Å²) in [5.41, 5.74) is 0. The predicted molar refractivity (Wildman–Crippen MR) is 50.5 cm³/mol. The van der Waals surface area contributed by atoms with E-state index >= 15 is 0 Å². The molecule has 0 radical (unpaired) electrons. The lowest BCUT2D eigenvalue weighted by molar-refractivity contribution is -0.126. The summed E-state index contributed by atoms with van der Waals surface area (Å²) in [5.74, 6) is -0.287. The number of hydrogen-bond donors (Lipinski definition) is 3. The van der Waals surface area contributed by atoms with Gasteiger partial charge in [0.05, 0.1) is 6.10 Å². The van der Waals surface area contributed by atoms with Crippen LogP contribution in [-0.2, 0) is 9.59 Å². The fourth-order valence-corrected chi connectivity index (χ4v) is 1.30. The minimum Gasteiger partial charge on any atom is -0.391 e. The first-order valence-corrected chi connectivity index (χ1v) is 4.88. The Bertz CT molecular complexity index is 230. The molecule has 1 aliphatic heterocycles. The molecule has 0 saturated carbocycles. The molecule has 1 heterocycles. The second-order valence-electron chi connectivity index (χ2n) is 3.47. The molecule has 0 spiro atoms. The van der Waals surface area contributed by atoms with E-state index in [1.807, 2.05) is 6.92 Å². The molecule has 0 aromatic heterocycles. The molecule has 1 unspecified atom stereocenters. The van der Waals surface area contributed by atoms with Gasteiger partial charge >= 0.3 is 0 Å². The topological polar surface area (TPSA) is 78.4 Å². The molecule has 14 heavy (non-hydrogen) atoms. The minimum absolute atomic E-state index is 0.0822. The number of carbonyl (C=O) groups excluding carboxylic acids is 2. The molecule has 2 atom stereocenters. The molecule has 0 aromatic carbocycles. The molecular formula is C9H16N2O3. The number of nitrogens with one attached hydrogen (secondary N) is 2. The van der Waals surface area contributed by atoms with E-state index in [9.17, 15) is 14.7 Å². The number of aliphatic hydroxyl groups excluding tert-OH is 1. The molecule has 80 valence electrons. The lowest BCUT2D eigenvalue weighted by Crippen LogP contribution is -2.44. The van der Waals surface area contributed by atoms with Crippen LogP contribution in [-0.4, -0.2) is 35.6 Å². The van der Waals surface area contributed by atoms with Gasteiger partial charge in [0.15, 0.2) is 0 Å². The van der Waals surface area contributed by atoms with E-state index < -0.39 is 12.1 Å². The summed E-state index contributed by atoms with van der Waals surface area (Å²) in [6.07, 6.45) is 1.06. The quantitative estimate of drug-likeness (QED) is 0.553. The van der Waals surface area contributed by atoms with E-state index in [1.54, 1.807) is 0 Å². The fourth-order valence-electron chi connectivity index (χ4n) is 1.30. The fraction of sp³-hybridized carbons (Fsp3) is 0.778. The highest BCUT2D eigenvalue weighted by atomic mass is 16.3. The van der Waals surface area contributed by atoms with Gasteiger partial charge in [-0.3, -0.25) is 9.59 Å². The monoisotopic (exact) mass is 200 g/mol. The Morgan fingerprint density at radius 2 is 2.50 bits per heavy atom. The first kappa shape index (κ1) is 11.0. The smallest absolute Gasteiger partial charge is 0.242 e. The molecule has 0 aliphatic carbocycles. The second-order valence-corrected chi connectivity index (χ2v) is 3.47. The van der Waals surface area contributed by atoms with Crippen molar-refractivity contribution in [2.45, 2.75) is 38.3 Å². The molecule has 5 heteroatoms. The van der Waals surface area contributed by atoms with Gasteiger partial charge in [-0.05, 0) is 12.8 Å². The third-order valence-electron chi connectivity index (χ3n) is 2.29. The molecule has 1 aliphatic rings. The van der Waals surface area contributed by atoms with Gasteiger partial charge in [-0.25, -0.2) is 0 Å². The normalized spacial score (nSPS) is 23.0. The van der Waals surface area contributed by atoms with Crippen molar-refractivity contribution in [3.05, 3.63) is 0 Å². The van der Waals surface area contributed by atoms with Gasteiger partial charge in [-0.2, -0.15) is 0 Å². The maximum absolute atomic E-state index is 11.4. The standard InChI is InChI=1S/C9H16N2O3/c1-2-6(12)5-10-9(14)7-3-4-8(13)11-7/h6-7,12H,2-5H2,1H3,(H,10,14)(H,11,13)/t6?,7-/m0/s1. The van der Waals surface area contributed by atoms with Crippen LogP contribution in [0.25, 0.3) is 0 Å². The summed E-state index contributed by atoms with van der Waals surface area (Å²) in [6, 6.07) is -0.411. The molecule has 0 bridgehead atoms. The predicted octanol–water partition coefficient (Wildman–Crippen LogP) is -0.848. The zero-order valence-corrected chi connectivity index (χ0v) is 8.25. The largest absolute Gasteiger partial charge is 0.391 e. The number of aliphatic hydroxyl groups is 1. The van der Waals surface area contributed by atoms with Crippen molar-refractivity contribution in [3.63, 3.8) is 0 Å². The van der Waals surface area contributed by atoms with Crippen LogP contribution in [0.4, 0.5) is 0 Å². The van der Waals surface area contributed by atoms with Crippen molar-refractivity contribution < 1.29 is 14.7 Å². The number of rotatable bonds is 4. The van der Waals surface area contributed by atoms with Crippen molar-refractivity contribution >= 4 is 11.8 Å². The SMILES string of the molecule is CCC(O)CNC(=O)[C@@H]1CCC(=O)N1. The number of hydrogen-bond acceptors (Lipinski definition) is 3. The van der Waals surface area contributed by atoms with E-state index in [0.29, 0.717) is 19.3 Å². The van der Waals surface area contributed by atoms with E-state index in [0.717, 1.165) is 0 Å². The van der Waals surface area contributed by atoms with Gasteiger partial charge in [0, 0.05) is 13.0 Å². The highest BCUT2D eigenvalue weighted by Gasteiger charge is 2.26. The van der Waals surface area contributed by atoms with Crippen molar-refractivity contribution in [1.29, 1.82) is 0 Å². The van der Waals surface area contributed by atoms with Crippen molar-refractivity contribution in [1.82, 2.24) is 10.6 Å². The molecule has 3 N–H and O–H groups in total. The molecule has 1 rings (SSSR count). The Morgan fingerprint density at radius 1 is 1.79 bits per heavy atom. The van der Waals surface area contributed by atoms with Gasteiger partial charge in [-0.15, -0.1) is 0 Å². The zero-order valence-electron chi connectivity index (χ0n) is 8.25. The second kappa shape index (κ2) is 4.95. The summed E-state index contributed by atoms with van der Waals surface area (Å²) in [5, 5.41) is 14.4. The van der Waals surface area contributed by atoms with Gasteiger partial charge < -0.3 is 15.7 Å². The third-order valence-corrected chi connectivity index (χ3v) is 2.29. The Morgan fingerprint density at radius 3 is 3.00 bits per heavy atom. The van der Waals surface area contributed by atoms with Gasteiger partial charge in [0.25, 0.3) is 0 Å². The lowest BCUT2D eigenvalue weighted by Gasteiger charge is -2.13. The maximum Gasteiger partial charge on any atom is 0.242 e. The Hall–Kier alpha value is -1.10. The molecule has 1 fully saturated rings. The minimum atomic E-state index is -0.504. The first-order valence-electron chi connectivity index (χ1n) is 4.88. The Balaban J connectivity index is 2.25. The number of carbonyl (C=O) groups is 2. The highest BCUT2D eigenvalue weighted by Crippen LogP contribution is 2.06. The van der Waals surface area contributed by atoms with Crippen LogP contribution >= 0.6 is 0 Å². The van der Waals surface area contributed by atoms with E-state index in [2.05, 4.69) is 10.6 Å². The number of amides is 2. The summed E-state index contributed by atoms with van der Waals surface area (Å²) in [7, 11) is 0. The molecular weight excluding hydrogens is 184 g/mol. The maximum atomic E-state index is 11.4. The summed E-state index contributed by atoms with van der Waals surface area (Å²) >= 11 is 0. The third kappa shape index (κ3) is 2.99. The van der Waals surface area contributed by atoms with Gasteiger partial charge in [0.1, 0.15) is 6.04 Å². The van der Waals surface area contributed by atoms with Crippen LogP contribution in [0.3, 0.4) is 0 Å². The summed E-state index contributed by atoms with van der Waals surface area (Å²) in [4.78, 5) is 22.2. The molecule has 2 amide bonds.